The first kappa shape index (κ1) is 24.2. The van der Waals surface area contributed by atoms with Crippen molar-refractivity contribution in [2.45, 2.75) is 50.5 Å². The first-order valence-corrected chi connectivity index (χ1v) is 11.9. The Bertz CT molecular complexity index is 1060. The zero-order valence-electron chi connectivity index (χ0n) is 18.5. The van der Waals surface area contributed by atoms with Gasteiger partial charge in [-0.3, -0.25) is 4.79 Å². The van der Waals surface area contributed by atoms with Crippen molar-refractivity contribution in [1.82, 2.24) is 10.0 Å². The number of rotatable bonds is 8. The van der Waals surface area contributed by atoms with Gasteiger partial charge in [0.25, 0.3) is 0 Å². The highest BCUT2D eigenvalue weighted by Crippen LogP contribution is 2.29. The molecule has 0 atom stereocenters. The fourth-order valence-electron chi connectivity index (χ4n) is 3.38. The zero-order chi connectivity index (χ0) is 23.4. The molecule has 0 spiro atoms. The number of carbonyl (C=O) groups excluding carboxylic acids is 1. The van der Waals surface area contributed by atoms with Crippen molar-refractivity contribution >= 4 is 15.9 Å². The normalized spacial score (nSPS) is 13.9. The lowest BCUT2D eigenvalue weighted by Gasteiger charge is -2.21. The van der Waals surface area contributed by atoms with Crippen molar-refractivity contribution in [2.75, 3.05) is 19.9 Å². The summed E-state index contributed by atoms with van der Waals surface area (Å²) in [7, 11) is -3.70. The van der Waals surface area contributed by atoms with Gasteiger partial charge in [0.05, 0.1) is 11.5 Å². The predicted molar refractivity (Wildman–Crippen MR) is 118 cm³/mol. The molecule has 0 fully saturated rings. The van der Waals surface area contributed by atoms with E-state index >= 15 is 0 Å². The second-order valence-corrected chi connectivity index (χ2v) is 10.5. The van der Waals surface area contributed by atoms with Crippen LogP contribution < -0.4 is 14.8 Å². The van der Waals surface area contributed by atoms with Crippen LogP contribution in [0.5, 0.6) is 5.75 Å². The van der Waals surface area contributed by atoms with Gasteiger partial charge in [-0.1, -0.05) is 32.9 Å². The molecule has 0 aliphatic carbocycles. The van der Waals surface area contributed by atoms with Gasteiger partial charge in [-0.05, 0) is 47.2 Å². The molecule has 1 amide bonds. The number of carbonyl (C=O) groups is 1. The summed E-state index contributed by atoms with van der Waals surface area (Å²) in [5.74, 6) is -0.0912. The molecule has 0 saturated carbocycles. The smallest absolute Gasteiger partial charge is 0.240 e. The lowest BCUT2D eigenvalue weighted by molar-refractivity contribution is -0.120. The van der Waals surface area contributed by atoms with Gasteiger partial charge in [0.2, 0.25) is 15.9 Å². The summed E-state index contributed by atoms with van der Waals surface area (Å²) in [6.07, 6.45) is 0.378. The molecular weight excluding hydrogens is 435 g/mol. The van der Waals surface area contributed by atoms with Crippen LogP contribution in [0, 0.1) is 5.82 Å². The molecule has 1 aliphatic rings. The summed E-state index contributed by atoms with van der Waals surface area (Å²) in [6.45, 7) is 6.81. The molecule has 1 aliphatic heterocycles. The number of ether oxygens (including phenoxy) is 2. The molecular formula is C23H29FN2O5S. The number of amides is 1. The Hall–Kier alpha value is -2.49. The maximum atomic E-state index is 13.8. The number of hydrogen-bond donors (Lipinski definition) is 2. The SMILES string of the molecule is CC(C)(C)c1ccc(S(=O)(=O)NCCC(=O)NCCc2cc(F)cc3c2OCOC3)cc1. The summed E-state index contributed by atoms with van der Waals surface area (Å²) in [6, 6.07) is 9.48. The fraction of sp³-hybridized carbons (Fsp3) is 0.435. The van der Waals surface area contributed by atoms with Gasteiger partial charge < -0.3 is 14.8 Å². The first-order valence-electron chi connectivity index (χ1n) is 10.4. The average molecular weight is 465 g/mol. The second kappa shape index (κ2) is 9.97. The largest absolute Gasteiger partial charge is 0.467 e. The summed E-state index contributed by atoms with van der Waals surface area (Å²) < 4.78 is 51.7. The zero-order valence-corrected chi connectivity index (χ0v) is 19.4. The van der Waals surface area contributed by atoms with E-state index in [4.69, 9.17) is 9.47 Å². The van der Waals surface area contributed by atoms with Crippen molar-refractivity contribution in [1.29, 1.82) is 0 Å². The molecule has 0 unspecified atom stereocenters. The Kier molecular flexibility index (Phi) is 7.53. The Balaban J connectivity index is 1.46. The van der Waals surface area contributed by atoms with E-state index in [1.807, 2.05) is 0 Å². The van der Waals surface area contributed by atoms with Gasteiger partial charge in [0, 0.05) is 25.1 Å². The van der Waals surface area contributed by atoms with E-state index in [1.165, 1.54) is 12.1 Å². The van der Waals surface area contributed by atoms with E-state index in [-0.39, 0.29) is 54.9 Å². The number of halogens is 1. The Morgan fingerprint density at radius 1 is 1.12 bits per heavy atom. The lowest BCUT2D eigenvalue weighted by Crippen LogP contribution is -2.31. The number of hydrogen-bond acceptors (Lipinski definition) is 5. The van der Waals surface area contributed by atoms with Crippen LogP contribution in [0.15, 0.2) is 41.3 Å². The third-order valence-corrected chi connectivity index (χ3v) is 6.62. The molecule has 7 nitrogen and oxygen atoms in total. The minimum atomic E-state index is -3.70. The predicted octanol–water partition coefficient (Wildman–Crippen LogP) is 3.02. The average Bonchev–Trinajstić information content (AvgIpc) is 2.73. The van der Waals surface area contributed by atoms with Crippen LogP contribution in [0.3, 0.4) is 0 Å². The number of nitrogens with one attached hydrogen (secondary N) is 2. The highest BCUT2D eigenvalue weighted by atomic mass is 32.2. The van der Waals surface area contributed by atoms with Crippen LogP contribution in [-0.4, -0.2) is 34.2 Å². The maximum Gasteiger partial charge on any atom is 0.240 e. The molecule has 174 valence electrons. The quantitative estimate of drug-likeness (QED) is 0.626. The number of sulfonamides is 1. The third kappa shape index (κ3) is 6.27. The number of benzene rings is 2. The summed E-state index contributed by atoms with van der Waals surface area (Å²) in [4.78, 5) is 12.3. The maximum absolute atomic E-state index is 13.8. The minimum Gasteiger partial charge on any atom is -0.467 e. The summed E-state index contributed by atoms with van der Waals surface area (Å²) >= 11 is 0. The van der Waals surface area contributed by atoms with Crippen molar-refractivity contribution in [2.24, 2.45) is 0 Å². The molecule has 0 bridgehead atoms. The molecule has 0 radical (unpaired) electrons. The van der Waals surface area contributed by atoms with Gasteiger partial charge in [-0.25, -0.2) is 17.5 Å². The van der Waals surface area contributed by atoms with Crippen LogP contribution in [0.4, 0.5) is 4.39 Å². The van der Waals surface area contributed by atoms with E-state index < -0.39 is 10.0 Å². The standard InChI is InChI=1S/C23H29FN2O5S/c1-23(2,3)18-4-6-20(7-5-18)32(28,29)26-11-9-21(27)25-10-8-16-12-19(24)13-17-14-30-15-31-22(16)17/h4-7,12-13,26H,8-11,14-15H2,1-3H3,(H,25,27). The molecule has 1 heterocycles. The topological polar surface area (TPSA) is 93.7 Å². The molecule has 9 heteroatoms. The van der Waals surface area contributed by atoms with Gasteiger partial charge in [-0.15, -0.1) is 0 Å². The Labute approximate surface area is 188 Å². The third-order valence-electron chi connectivity index (χ3n) is 5.14. The van der Waals surface area contributed by atoms with Gasteiger partial charge in [0.1, 0.15) is 11.6 Å². The van der Waals surface area contributed by atoms with Crippen LogP contribution >= 0.6 is 0 Å². The molecule has 3 rings (SSSR count). The second-order valence-electron chi connectivity index (χ2n) is 8.69. The first-order chi connectivity index (χ1) is 15.1. The summed E-state index contributed by atoms with van der Waals surface area (Å²) in [5, 5.41) is 2.72. The van der Waals surface area contributed by atoms with E-state index in [2.05, 4.69) is 30.8 Å². The van der Waals surface area contributed by atoms with Crippen LogP contribution in [0.1, 0.15) is 43.9 Å². The van der Waals surface area contributed by atoms with Crippen molar-refractivity contribution < 1.29 is 27.1 Å². The van der Waals surface area contributed by atoms with Crippen LogP contribution in [-0.2, 0) is 38.0 Å². The number of fused-ring (bicyclic) bond motifs is 1. The lowest BCUT2D eigenvalue weighted by atomic mass is 9.87. The highest BCUT2D eigenvalue weighted by molar-refractivity contribution is 7.89. The minimum absolute atomic E-state index is 0.00903. The highest BCUT2D eigenvalue weighted by Gasteiger charge is 2.19. The van der Waals surface area contributed by atoms with Crippen molar-refractivity contribution in [3.05, 3.63) is 58.9 Å². The van der Waals surface area contributed by atoms with Crippen LogP contribution in [0.25, 0.3) is 0 Å². The molecule has 32 heavy (non-hydrogen) atoms. The molecule has 0 saturated heterocycles. The van der Waals surface area contributed by atoms with Gasteiger partial charge in [-0.2, -0.15) is 0 Å². The van der Waals surface area contributed by atoms with Gasteiger partial charge >= 0.3 is 0 Å². The molecule has 2 aromatic carbocycles. The Morgan fingerprint density at radius 2 is 1.84 bits per heavy atom. The van der Waals surface area contributed by atoms with E-state index in [0.717, 1.165) is 5.56 Å². The summed E-state index contributed by atoms with van der Waals surface area (Å²) in [5.41, 5.74) is 2.26. The van der Waals surface area contributed by atoms with E-state index in [0.29, 0.717) is 23.3 Å². The fourth-order valence-corrected chi connectivity index (χ4v) is 4.42. The monoisotopic (exact) mass is 464 g/mol. The van der Waals surface area contributed by atoms with Crippen molar-refractivity contribution in [3.63, 3.8) is 0 Å². The van der Waals surface area contributed by atoms with Gasteiger partial charge in [0.15, 0.2) is 6.79 Å². The molecule has 2 aromatic rings. The van der Waals surface area contributed by atoms with Crippen LogP contribution in [0.2, 0.25) is 0 Å². The Morgan fingerprint density at radius 3 is 2.53 bits per heavy atom. The van der Waals surface area contributed by atoms with E-state index in [9.17, 15) is 17.6 Å². The molecule has 0 aromatic heterocycles. The van der Waals surface area contributed by atoms with E-state index in [1.54, 1.807) is 24.3 Å². The molecule has 2 N–H and O–H groups in total. The van der Waals surface area contributed by atoms with Crippen molar-refractivity contribution in [3.8, 4) is 5.75 Å².